The minimum absolute atomic E-state index is 0.0263. The van der Waals surface area contributed by atoms with Crippen molar-refractivity contribution in [1.29, 1.82) is 0 Å². The summed E-state index contributed by atoms with van der Waals surface area (Å²) in [6.07, 6.45) is 6.97. The van der Waals surface area contributed by atoms with Gasteiger partial charge in [-0.15, -0.1) is 12.3 Å². The maximum atomic E-state index is 11.9. The zero-order valence-electron chi connectivity index (χ0n) is 10.9. The van der Waals surface area contributed by atoms with Crippen molar-refractivity contribution in [2.45, 2.75) is 32.2 Å². The molecule has 3 heteroatoms. The van der Waals surface area contributed by atoms with E-state index in [2.05, 4.69) is 11.2 Å². The van der Waals surface area contributed by atoms with Crippen LogP contribution in [0.4, 0.5) is 0 Å². The number of para-hydroxylation sites is 1. The van der Waals surface area contributed by atoms with Crippen molar-refractivity contribution in [1.82, 2.24) is 5.32 Å². The Kier molecular flexibility index (Phi) is 5.79. The smallest absolute Gasteiger partial charge is 0.224 e. The van der Waals surface area contributed by atoms with Crippen LogP contribution in [0.2, 0.25) is 0 Å². The molecule has 0 spiro atoms. The van der Waals surface area contributed by atoms with Crippen LogP contribution in [-0.2, 0) is 11.2 Å². The first-order chi connectivity index (χ1) is 8.71. The molecular weight excluding hydrogens is 226 g/mol. The maximum absolute atomic E-state index is 11.9. The van der Waals surface area contributed by atoms with Gasteiger partial charge in [-0.3, -0.25) is 4.79 Å². The highest BCUT2D eigenvalue weighted by atomic mass is 16.5. The lowest BCUT2D eigenvalue weighted by molar-refractivity contribution is -0.121. The molecule has 1 N–H and O–H groups in total. The highest BCUT2D eigenvalue weighted by molar-refractivity contribution is 5.79. The number of carbonyl (C=O) groups is 1. The van der Waals surface area contributed by atoms with E-state index in [1.807, 2.05) is 31.2 Å². The first-order valence-corrected chi connectivity index (χ1v) is 6.06. The number of ether oxygens (including phenoxy) is 1. The van der Waals surface area contributed by atoms with Crippen molar-refractivity contribution >= 4 is 5.91 Å². The van der Waals surface area contributed by atoms with Crippen molar-refractivity contribution in [2.24, 2.45) is 0 Å². The van der Waals surface area contributed by atoms with Gasteiger partial charge in [-0.25, -0.2) is 0 Å². The van der Waals surface area contributed by atoms with E-state index < -0.39 is 0 Å². The normalized spacial score (nSPS) is 11.4. The zero-order valence-corrected chi connectivity index (χ0v) is 10.9. The number of hydrogen-bond acceptors (Lipinski definition) is 2. The van der Waals surface area contributed by atoms with Crippen LogP contribution in [0.1, 0.15) is 25.3 Å². The third-order valence-corrected chi connectivity index (χ3v) is 2.77. The maximum Gasteiger partial charge on any atom is 0.224 e. The topological polar surface area (TPSA) is 38.3 Å². The Morgan fingerprint density at radius 2 is 2.22 bits per heavy atom. The lowest BCUT2D eigenvalue weighted by atomic mass is 10.1. The molecule has 1 unspecified atom stereocenters. The quantitative estimate of drug-likeness (QED) is 0.780. The van der Waals surface area contributed by atoms with Crippen molar-refractivity contribution in [3.8, 4) is 18.1 Å². The van der Waals surface area contributed by atoms with E-state index in [9.17, 15) is 4.79 Å². The molecule has 1 aromatic carbocycles. The van der Waals surface area contributed by atoms with Gasteiger partial charge in [0.25, 0.3) is 0 Å². The van der Waals surface area contributed by atoms with Gasteiger partial charge in [-0.1, -0.05) is 25.1 Å². The number of hydrogen-bond donors (Lipinski definition) is 1. The van der Waals surface area contributed by atoms with Gasteiger partial charge >= 0.3 is 0 Å². The van der Waals surface area contributed by atoms with Gasteiger partial charge in [0.05, 0.1) is 13.5 Å². The van der Waals surface area contributed by atoms with Crippen molar-refractivity contribution < 1.29 is 9.53 Å². The standard InChI is InChI=1S/C15H19NO2/c1-4-8-13(5-2)16-15(17)11-12-9-6-7-10-14(12)18-3/h1,6-7,9-10,13H,5,8,11H2,2-3H3,(H,16,17). The number of carbonyl (C=O) groups excluding carboxylic acids is 1. The summed E-state index contributed by atoms with van der Waals surface area (Å²) in [5.74, 6) is 3.28. The molecule has 1 amide bonds. The fraction of sp³-hybridized carbons (Fsp3) is 0.400. The van der Waals surface area contributed by atoms with Gasteiger partial charge < -0.3 is 10.1 Å². The second-order valence-electron chi connectivity index (χ2n) is 4.07. The van der Waals surface area contributed by atoms with Gasteiger partial charge in [0.1, 0.15) is 5.75 Å². The van der Waals surface area contributed by atoms with Gasteiger partial charge in [0.15, 0.2) is 0 Å². The van der Waals surface area contributed by atoms with Crippen molar-refractivity contribution in [3.63, 3.8) is 0 Å². The Balaban J connectivity index is 2.62. The summed E-state index contributed by atoms with van der Waals surface area (Å²) in [5, 5.41) is 2.93. The first-order valence-electron chi connectivity index (χ1n) is 6.06. The van der Waals surface area contributed by atoms with E-state index >= 15 is 0 Å². The number of nitrogens with one attached hydrogen (secondary N) is 1. The molecule has 0 aliphatic carbocycles. The van der Waals surface area contributed by atoms with Gasteiger partial charge in [-0.2, -0.15) is 0 Å². The summed E-state index contributed by atoms with van der Waals surface area (Å²) in [5.41, 5.74) is 0.882. The second-order valence-corrected chi connectivity index (χ2v) is 4.07. The van der Waals surface area contributed by atoms with Crippen LogP contribution in [0.25, 0.3) is 0 Å². The molecule has 1 atom stereocenters. The summed E-state index contributed by atoms with van der Waals surface area (Å²) in [7, 11) is 1.60. The predicted octanol–water partition coefficient (Wildman–Crippen LogP) is 2.16. The predicted molar refractivity (Wildman–Crippen MR) is 72.4 cm³/mol. The average molecular weight is 245 g/mol. The molecule has 0 saturated carbocycles. The first kappa shape index (κ1) is 14.1. The molecule has 0 aliphatic heterocycles. The highest BCUT2D eigenvalue weighted by Crippen LogP contribution is 2.17. The van der Waals surface area contributed by atoms with Crippen LogP contribution < -0.4 is 10.1 Å². The molecule has 0 aliphatic rings. The van der Waals surface area contributed by atoms with Gasteiger partial charge in [0, 0.05) is 18.0 Å². The number of methoxy groups -OCH3 is 1. The van der Waals surface area contributed by atoms with E-state index in [1.54, 1.807) is 7.11 Å². The lowest BCUT2D eigenvalue weighted by Gasteiger charge is -2.15. The second kappa shape index (κ2) is 7.39. The van der Waals surface area contributed by atoms with Crippen LogP contribution in [0, 0.1) is 12.3 Å². The molecule has 0 saturated heterocycles. The van der Waals surface area contributed by atoms with Crippen LogP contribution >= 0.6 is 0 Å². The molecule has 0 aromatic heterocycles. The minimum Gasteiger partial charge on any atom is -0.496 e. The molecule has 18 heavy (non-hydrogen) atoms. The summed E-state index contributed by atoms with van der Waals surface area (Å²) in [4.78, 5) is 11.9. The number of benzene rings is 1. The fourth-order valence-electron chi connectivity index (χ4n) is 1.74. The molecule has 0 heterocycles. The monoisotopic (exact) mass is 245 g/mol. The van der Waals surface area contributed by atoms with Crippen molar-refractivity contribution in [2.75, 3.05) is 7.11 Å². The highest BCUT2D eigenvalue weighted by Gasteiger charge is 2.11. The summed E-state index contributed by atoms with van der Waals surface area (Å²) in [6, 6.07) is 7.57. The van der Waals surface area contributed by atoms with E-state index in [0.717, 1.165) is 17.7 Å². The number of terminal acetylenes is 1. The number of amides is 1. The molecule has 0 bridgehead atoms. The van der Waals surface area contributed by atoms with Crippen LogP contribution in [0.5, 0.6) is 5.75 Å². The summed E-state index contributed by atoms with van der Waals surface area (Å²) < 4.78 is 5.21. The molecular formula is C15H19NO2. The van der Waals surface area contributed by atoms with E-state index in [4.69, 9.17) is 11.2 Å². The Morgan fingerprint density at radius 1 is 1.50 bits per heavy atom. The fourth-order valence-corrected chi connectivity index (χ4v) is 1.74. The molecule has 96 valence electrons. The average Bonchev–Trinajstić information content (AvgIpc) is 2.38. The van der Waals surface area contributed by atoms with E-state index in [1.165, 1.54) is 0 Å². The van der Waals surface area contributed by atoms with Crippen LogP contribution in [-0.4, -0.2) is 19.1 Å². The Hall–Kier alpha value is -1.95. The molecule has 0 fully saturated rings. The Morgan fingerprint density at radius 3 is 2.83 bits per heavy atom. The molecule has 1 aromatic rings. The van der Waals surface area contributed by atoms with Gasteiger partial charge in [0.2, 0.25) is 5.91 Å². The Labute approximate surface area is 109 Å². The number of rotatable bonds is 6. The Bertz CT molecular complexity index is 434. The van der Waals surface area contributed by atoms with Crippen molar-refractivity contribution in [3.05, 3.63) is 29.8 Å². The third-order valence-electron chi connectivity index (χ3n) is 2.77. The largest absolute Gasteiger partial charge is 0.496 e. The van der Waals surface area contributed by atoms with E-state index in [0.29, 0.717) is 12.8 Å². The van der Waals surface area contributed by atoms with Gasteiger partial charge in [-0.05, 0) is 12.5 Å². The molecule has 1 rings (SSSR count). The lowest BCUT2D eigenvalue weighted by Crippen LogP contribution is -2.35. The molecule has 0 radical (unpaired) electrons. The zero-order chi connectivity index (χ0) is 13.4. The van der Waals surface area contributed by atoms with E-state index in [-0.39, 0.29) is 11.9 Å². The minimum atomic E-state index is -0.0263. The van der Waals surface area contributed by atoms with Crippen LogP contribution in [0.3, 0.4) is 0 Å². The van der Waals surface area contributed by atoms with Crippen LogP contribution in [0.15, 0.2) is 24.3 Å². The summed E-state index contributed by atoms with van der Waals surface area (Å²) in [6.45, 7) is 2.01. The molecule has 3 nitrogen and oxygen atoms in total. The third kappa shape index (κ3) is 4.14. The SMILES string of the molecule is C#CCC(CC)NC(=O)Cc1ccccc1OC. The summed E-state index contributed by atoms with van der Waals surface area (Å²) >= 11 is 0.